The Hall–Kier alpha value is -1.75. The van der Waals surface area contributed by atoms with Gasteiger partial charge >= 0.3 is 6.01 Å². The molecule has 17 heavy (non-hydrogen) atoms. The van der Waals surface area contributed by atoms with Gasteiger partial charge in [0.25, 0.3) is 0 Å². The van der Waals surface area contributed by atoms with Crippen molar-refractivity contribution in [2.75, 3.05) is 0 Å². The summed E-state index contributed by atoms with van der Waals surface area (Å²) in [6, 6.07) is 7.14. The van der Waals surface area contributed by atoms with Gasteiger partial charge in [0.05, 0.1) is 4.47 Å². The van der Waals surface area contributed by atoms with E-state index in [2.05, 4.69) is 25.9 Å². The Kier molecular flexibility index (Phi) is 3.49. The fraction of sp³-hybridized carbons (Fsp3) is 0.0833. The van der Waals surface area contributed by atoms with E-state index in [0.717, 1.165) is 4.47 Å². The van der Waals surface area contributed by atoms with Crippen LogP contribution in [0.3, 0.4) is 0 Å². The lowest BCUT2D eigenvalue weighted by Crippen LogP contribution is -1.94. The molecule has 2 rings (SSSR count). The van der Waals surface area contributed by atoms with Crippen LogP contribution < -0.4 is 4.74 Å². The molecule has 86 valence electrons. The number of carbonyl (C=O) groups excluding carboxylic acids is 1. The number of hydrogen-bond acceptors (Lipinski definition) is 4. The first kappa shape index (κ1) is 11.7. The van der Waals surface area contributed by atoms with E-state index in [1.54, 1.807) is 36.7 Å². The molecular formula is C12H9BrN2O2. The molecule has 0 N–H and O–H groups in total. The zero-order valence-electron chi connectivity index (χ0n) is 9.05. The molecular weight excluding hydrogens is 284 g/mol. The molecule has 0 fully saturated rings. The van der Waals surface area contributed by atoms with E-state index in [1.165, 1.54) is 6.92 Å². The Labute approximate surface area is 107 Å². The maximum atomic E-state index is 11.2. The van der Waals surface area contributed by atoms with Crippen molar-refractivity contribution in [3.05, 3.63) is 46.7 Å². The van der Waals surface area contributed by atoms with Crippen LogP contribution in [0.5, 0.6) is 11.8 Å². The maximum absolute atomic E-state index is 11.2. The van der Waals surface area contributed by atoms with E-state index >= 15 is 0 Å². The quantitative estimate of drug-likeness (QED) is 0.815. The Morgan fingerprint density at radius 1 is 1.29 bits per heavy atom. The third-order valence-corrected chi connectivity index (χ3v) is 2.46. The highest BCUT2D eigenvalue weighted by Gasteiger charge is 2.03. The van der Waals surface area contributed by atoms with E-state index < -0.39 is 0 Å². The summed E-state index contributed by atoms with van der Waals surface area (Å²) in [5.41, 5.74) is 0.597. The summed E-state index contributed by atoms with van der Waals surface area (Å²) < 4.78 is 6.21. The monoisotopic (exact) mass is 292 g/mol. The van der Waals surface area contributed by atoms with Crippen molar-refractivity contribution in [3.63, 3.8) is 0 Å². The van der Waals surface area contributed by atoms with Crippen LogP contribution in [-0.2, 0) is 0 Å². The van der Waals surface area contributed by atoms with Crippen molar-refractivity contribution in [1.82, 2.24) is 9.97 Å². The van der Waals surface area contributed by atoms with Gasteiger partial charge in [-0.1, -0.05) is 12.1 Å². The lowest BCUT2D eigenvalue weighted by atomic mass is 10.1. The van der Waals surface area contributed by atoms with Gasteiger partial charge in [0, 0.05) is 18.0 Å². The summed E-state index contributed by atoms with van der Waals surface area (Å²) in [5, 5.41) is 0. The maximum Gasteiger partial charge on any atom is 0.321 e. The van der Waals surface area contributed by atoms with Gasteiger partial charge in [0.15, 0.2) is 5.78 Å². The van der Waals surface area contributed by atoms with Crippen LogP contribution in [0.1, 0.15) is 17.3 Å². The fourth-order valence-corrected chi connectivity index (χ4v) is 1.44. The molecule has 0 saturated heterocycles. The van der Waals surface area contributed by atoms with E-state index in [1.807, 2.05) is 0 Å². The van der Waals surface area contributed by atoms with Crippen molar-refractivity contribution >= 4 is 21.7 Å². The molecule has 0 amide bonds. The van der Waals surface area contributed by atoms with Crippen LogP contribution in [-0.4, -0.2) is 15.8 Å². The third kappa shape index (κ3) is 3.10. The van der Waals surface area contributed by atoms with Gasteiger partial charge in [-0.15, -0.1) is 0 Å². The molecule has 1 aromatic heterocycles. The highest BCUT2D eigenvalue weighted by molar-refractivity contribution is 9.10. The number of ketones is 1. The minimum atomic E-state index is -0.00725. The van der Waals surface area contributed by atoms with Crippen molar-refractivity contribution in [2.24, 2.45) is 0 Å². The molecule has 0 aliphatic carbocycles. The molecule has 0 unspecified atom stereocenters. The Bertz CT molecular complexity index is 540. The van der Waals surface area contributed by atoms with Gasteiger partial charge in [-0.05, 0) is 35.0 Å². The van der Waals surface area contributed by atoms with Gasteiger partial charge < -0.3 is 4.74 Å². The molecule has 0 atom stereocenters. The van der Waals surface area contributed by atoms with Crippen molar-refractivity contribution < 1.29 is 9.53 Å². The predicted octanol–water partition coefficient (Wildman–Crippen LogP) is 3.23. The number of benzene rings is 1. The number of ether oxygens (including phenoxy) is 1. The molecule has 0 aliphatic heterocycles. The summed E-state index contributed by atoms with van der Waals surface area (Å²) >= 11 is 3.24. The lowest BCUT2D eigenvalue weighted by Gasteiger charge is -2.04. The standard InChI is InChI=1S/C12H9BrN2O2/c1-8(16)9-3-2-4-11(5-9)17-12-14-6-10(13)7-15-12/h2-7H,1H3. The smallest absolute Gasteiger partial charge is 0.321 e. The second-order valence-corrected chi connectivity index (χ2v) is 4.29. The highest BCUT2D eigenvalue weighted by Crippen LogP contribution is 2.19. The fourth-order valence-electron chi connectivity index (χ4n) is 1.24. The van der Waals surface area contributed by atoms with Crippen LogP contribution in [0, 0.1) is 0 Å². The zero-order valence-corrected chi connectivity index (χ0v) is 10.6. The number of hydrogen-bond donors (Lipinski definition) is 0. The van der Waals surface area contributed by atoms with Gasteiger partial charge in [-0.25, -0.2) is 9.97 Å². The Morgan fingerprint density at radius 2 is 2.00 bits per heavy atom. The van der Waals surface area contributed by atoms with Crippen LogP contribution >= 0.6 is 15.9 Å². The molecule has 0 saturated carbocycles. The summed E-state index contributed by atoms with van der Waals surface area (Å²) in [7, 11) is 0. The number of Topliss-reactive ketones (excluding diaryl/α,β-unsaturated/α-hetero) is 1. The molecule has 0 aliphatic rings. The summed E-state index contributed by atoms with van der Waals surface area (Å²) in [4.78, 5) is 19.2. The molecule has 1 aromatic carbocycles. The second kappa shape index (κ2) is 5.05. The summed E-state index contributed by atoms with van der Waals surface area (Å²) in [5.74, 6) is 0.534. The zero-order chi connectivity index (χ0) is 12.3. The lowest BCUT2D eigenvalue weighted by molar-refractivity contribution is 0.101. The minimum Gasteiger partial charge on any atom is -0.424 e. The molecule has 4 nitrogen and oxygen atoms in total. The van der Waals surface area contributed by atoms with Crippen LogP contribution in [0.2, 0.25) is 0 Å². The molecule has 1 heterocycles. The second-order valence-electron chi connectivity index (χ2n) is 3.37. The van der Waals surface area contributed by atoms with Crippen molar-refractivity contribution in [1.29, 1.82) is 0 Å². The first-order valence-corrected chi connectivity index (χ1v) is 5.71. The van der Waals surface area contributed by atoms with Gasteiger partial charge in [0.2, 0.25) is 0 Å². The first-order valence-electron chi connectivity index (χ1n) is 4.91. The number of rotatable bonds is 3. The molecule has 5 heteroatoms. The van der Waals surface area contributed by atoms with Gasteiger partial charge in [0.1, 0.15) is 5.75 Å². The van der Waals surface area contributed by atoms with Crippen LogP contribution in [0.15, 0.2) is 41.1 Å². The highest BCUT2D eigenvalue weighted by atomic mass is 79.9. The Morgan fingerprint density at radius 3 is 2.65 bits per heavy atom. The SMILES string of the molecule is CC(=O)c1cccc(Oc2ncc(Br)cn2)c1. The Balaban J connectivity index is 2.21. The van der Waals surface area contributed by atoms with E-state index in [0.29, 0.717) is 11.3 Å². The van der Waals surface area contributed by atoms with Gasteiger partial charge in [-0.2, -0.15) is 0 Å². The first-order chi connectivity index (χ1) is 8.15. The topological polar surface area (TPSA) is 52.1 Å². The number of nitrogens with zero attached hydrogens (tertiary/aromatic N) is 2. The largest absolute Gasteiger partial charge is 0.424 e. The van der Waals surface area contributed by atoms with Crippen LogP contribution in [0.25, 0.3) is 0 Å². The van der Waals surface area contributed by atoms with Crippen molar-refractivity contribution in [3.8, 4) is 11.8 Å². The number of halogens is 1. The number of carbonyl (C=O) groups is 1. The molecule has 0 radical (unpaired) electrons. The van der Waals surface area contributed by atoms with Crippen LogP contribution in [0.4, 0.5) is 0 Å². The molecule has 2 aromatic rings. The van der Waals surface area contributed by atoms with Gasteiger partial charge in [-0.3, -0.25) is 4.79 Å². The third-order valence-electron chi connectivity index (χ3n) is 2.05. The summed E-state index contributed by atoms with van der Waals surface area (Å²) in [6.45, 7) is 1.51. The summed E-state index contributed by atoms with van der Waals surface area (Å²) in [6.07, 6.45) is 3.19. The normalized spacial score (nSPS) is 10.0. The average molecular weight is 293 g/mol. The molecule has 0 bridgehead atoms. The average Bonchev–Trinajstić information content (AvgIpc) is 2.32. The van der Waals surface area contributed by atoms with E-state index in [4.69, 9.17) is 4.74 Å². The van der Waals surface area contributed by atoms with E-state index in [-0.39, 0.29) is 11.8 Å². The van der Waals surface area contributed by atoms with E-state index in [9.17, 15) is 4.79 Å². The van der Waals surface area contributed by atoms with Crippen molar-refractivity contribution in [2.45, 2.75) is 6.92 Å². The minimum absolute atomic E-state index is 0.00725. The number of aromatic nitrogens is 2. The molecule has 0 spiro atoms. The predicted molar refractivity (Wildman–Crippen MR) is 66.3 cm³/mol.